The molecule has 5 nitrogen and oxygen atoms in total. The molecule has 0 radical (unpaired) electrons. The number of benzene rings is 3. The number of carboxylic acid groups (broad SMARTS) is 1. The van der Waals surface area contributed by atoms with Crippen LogP contribution in [0.4, 0.5) is 0 Å². The summed E-state index contributed by atoms with van der Waals surface area (Å²) in [7, 11) is 0. The summed E-state index contributed by atoms with van der Waals surface area (Å²) in [5.74, 6) is 6.35. The standard InChI is InChI=1S/C33H32O5S.H2S/c1-4-5-25(15-32(34)35)24-8-6-23(7-9-24)17-37-27-11-13-31-29(16-27)30(18-39-31)28-12-10-26(14-22(28)2)38-21-33(3)19-36-20-33;/h6-14,16,18,25H,15,17,19-21H2,1-3H3,(H,34,35);1H2/t25-;/m0./s1. The lowest BCUT2D eigenvalue weighted by molar-refractivity contribution is -0.137. The zero-order valence-corrected chi connectivity index (χ0v) is 24.8. The number of carbonyl (C=O) groups is 1. The highest BCUT2D eigenvalue weighted by Crippen LogP contribution is 2.39. The van der Waals surface area contributed by atoms with E-state index in [4.69, 9.17) is 14.2 Å². The number of aliphatic carboxylic acids is 1. The molecule has 40 heavy (non-hydrogen) atoms. The van der Waals surface area contributed by atoms with Gasteiger partial charge in [-0.3, -0.25) is 4.79 Å². The molecule has 5 rings (SSSR count). The Hall–Kier alpha value is -3.44. The molecule has 0 bridgehead atoms. The molecule has 0 saturated carbocycles. The molecular formula is C33H34O5S2. The molecule has 0 amide bonds. The van der Waals surface area contributed by atoms with E-state index in [0.717, 1.165) is 35.8 Å². The Kier molecular flexibility index (Phi) is 9.47. The van der Waals surface area contributed by atoms with Gasteiger partial charge in [-0.2, -0.15) is 13.5 Å². The second-order valence-corrected chi connectivity index (χ2v) is 11.4. The van der Waals surface area contributed by atoms with E-state index in [0.29, 0.717) is 13.2 Å². The highest BCUT2D eigenvalue weighted by atomic mass is 32.1. The number of rotatable bonds is 10. The molecule has 208 valence electrons. The Balaban J connectivity index is 0.00000370. The first-order chi connectivity index (χ1) is 18.8. The quantitative estimate of drug-likeness (QED) is 0.198. The monoisotopic (exact) mass is 574 g/mol. The van der Waals surface area contributed by atoms with Crippen molar-refractivity contribution in [1.82, 2.24) is 0 Å². The zero-order chi connectivity index (χ0) is 27.4. The van der Waals surface area contributed by atoms with E-state index < -0.39 is 5.97 Å². The summed E-state index contributed by atoms with van der Waals surface area (Å²) >= 11 is 1.73. The molecule has 2 heterocycles. The number of fused-ring (bicyclic) bond motifs is 1. The van der Waals surface area contributed by atoms with Crippen LogP contribution in [0.2, 0.25) is 0 Å². The van der Waals surface area contributed by atoms with Gasteiger partial charge in [0.1, 0.15) is 18.1 Å². The molecule has 0 spiro atoms. The van der Waals surface area contributed by atoms with Crippen molar-refractivity contribution in [2.24, 2.45) is 5.41 Å². The van der Waals surface area contributed by atoms with Crippen LogP contribution in [0.15, 0.2) is 66.0 Å². The van der Waals surface area contributed by atoms with Crippen molar-refractivity contribution in [2.45, 2.75) is 39.7 Å². The number of hydrogen-bond acceptors (Lipinski definition) is 5. The normalized spacial score (nSPS) is 14.3. The van der Waals surface area contributed by atoms with Crippen molar-refractivity contribution in [3.8, 4) is 34.5 Å². The maximum Gasteiger partial charge on any atom is 0.304 e. The number of ether oxygens (including phenoxy) is 3. The summed E-state index contributed by atoms with van der Waals surface area (Å²) in [6.07, 6.45) is -0.0102. The first kappa shape index (κ1) is 29.5. The van der Waals surface area contributed by atoms with Crippen LogP contribution < -0.4 is 9.47 Å². The van der Waals surface area contributed by atoms with Crippen molar-refractivity contribution >= 4 is 40.9 Å². The van der Waals surface area contributed by atoms with Crippen molar-refractivity contribution in [2.75, 3.05) is 19.8 Å². The van der Waals surface area contributed by atoms with Crippen molar-refractivity contribution in [3.63, 3.8) is 0 Å². The van der Waals surface area contributed by atoms with Gasteiger partial charge in [-0.25, -0.2) is 0 Å². The highest BCUT2D eigenvalue weighted by molar-refractivity contribution is 7.59. The Morgan fingerprint density at radius 1 is 1.05 bits per heavy atom. The van der Waals surface area contributed by atoms with E-state index in [-0.39, 0.29) is 31.2 Å². The summed E-state index contributed by atoms with van der Waals surface area (Å²) < 4.78 is 18.8. The lowest BCUT2D eigenvalue weighted by Gasteiger charge is -2.37. The van der Waals surface area contributed by atoms with Gasteiger partial charge in [0, 0.05) is 21.1 Å². The third-order valence-electron chi connectivity index (χ3n) is 7.01. The molecule has 7 heteroatoms. The maximum absolute atomic E-state index is 11.2. The fourth-order valence-electron chi connectivity index (χ4n) is 4.74. The van der Waals surface area contributed by atoms with E-state index in [1.807, 2.05) is 36.4 Å². The van der Waals surface area contributed by atoms with Gasteiger partial charge in [0.2, 0.25) is 0 Å². The number of hydrogen-bond donors (Lipinski definition) is 1. The molecule has 1 aliphatic rings. The first-order valence-electron chi connectivity index (χ1n) is 13.0. The molecule has 1 aromatic heterocycles. The lowest BCUT2D eigenvalue weighted by Crippen LogP contribution is -2.44. The fourth-order valence-corrected chi connectivity index (χ4v) is 5.68. The van der Waals surface area contributed by atoms with Crippen LogP contribution >= 0.6 is 24.8 Å². The maximum atomic E-state index is 11.2. The molecule has 1 aliphatic heterocycles. The second kappa shape index (κ2) is 12.8. The minimum atomic E-state index is -0.855. The van der Waals surface area contributed by atoms with Gasteiger partial charge in [-0.1, -0.05) is 43.2 Å². The molecule has 0 aliphatic carbocycles. The van der Waals surface area contributed by atoms with Crippen molar-refractivity contribution < 1.29 is 24.1 Å². The van der Waals surface area contributed by atoms with Crippen molar-refractivity contribution in [3.05, 3.63) is 82.7 Å². The molecule has 1 atom stereocenters. The number of carboxylic acids is 1. The minimum absolute atomic E-state index is 0. The predicted octanol–water partition coefficient (Wildman–Crippen LogP) is 7.57. The summed E-state index contributed by atoms with van der Waals surface area (Å²) in [4.78, 5) is 11.2. The van der Waals surface area contributed by atoms with Crippen LogP contribution in [0.1, 0.15) is 42.9 Å². The Labute approximate surface area is 246 Å². The summed E-state index contributed by atoms with van der Waals surface area (Å²) in [6.45, 7) is 8.62. The molecule has 4 aromatic rings. The largest absolute Gasteiger partial charge is 0.493 e. The second-order valence-electron chi connectivity index (χ2n) is 10.5. The van der Waals surface area contributed by atoms with Crippen molar-refractivity contribution in [1.29, 1.82) is 0 Å². The summed E-state index contributed by atoms with van der Waals surface area (Å²) in [5, 5.41) is 12.5. The van der Waals surface area contributed by atoms with E-state index in [2.05, 4.69) is 55.3 Å². The number of thiophene rings is 1. The minimum Gasteiger partial charge on any atom is -0.493 e. The van der Waals surface area contributed by atoms with Gasteiger partial charge < -0.3 is 19.3 Å². The van der Waals surface area contributed by atoms with Gasteiger partial charge in [0.15, 0.2) is 0 Å². The average molecular weight is 575 g/mol. The van der Waals surface area contributed by atoms with E-state index >= 15 is 0 Å². The Bertz CT molecular complexity index is 1540. The average Bonchev–Trinajstić information content (AvgIpc) is 3.32. The van der Waals surface area contributed by atoms with Gasteiger partial charge in [0.25, 0.3) is 0 Å². The van der Waals surface area contributed by atoms with Crippen LogP contribution in [-0.4, -0.2) is 30.9 Å². The molecule has 3 aromatic carbocycles. The van der Waals surface area contributed by atoms with E-state index in [1.165, 1.54) is 26.8 Å². The molecule has 1 saturated heterocycles. The van der Waals surface area contributed by atoms with Gasteiger partial charge >= 0.3 is 5.97 Å². The number of aryl methyl sites for hydroxylation is 1. The SMILES string of the molecule is CC#C[C@@H](CC(=O)O)c1ccc(COc2ccc3scc(-c4ccc(OCC5(C)COC5)cc4C)c3c2)cc1.S. The zero-order valence-electron chi connectivity index (χ0n) is 23.0. The van der Waals surface area contributed by atoms with Gasteiger partial charge in [-0.15, -0.1) is 17.3 Å². The topological polar surface area (TPSA) is 65.0 Å². The lowest BCUT2D eigenvalue weighted by atomic mass is 9.90. The molecule has 1 N–H and O–H groups in total. The third-order valence-corrected chi connectivity index (χ3v) is 7.97. The third kappa shape index (κ3) is 6.82. The smallest absolute Gasteiger partial charge is 0.304 e. The van der Waals surface area contributed by atoms with Crippen LogP contribution in [0.25, 0.3) is 21.2 Å². The first-order valence-corrected chi connectivity index (χ1v) is 13.9. The van der Waals surface area contributed by atoms with Crippen LogP contribution in [-0.2, 0) is 16.1 Å². The molecular weight excluding hydrogens is 540 g/mol. The molecule has 0 unspecified atom stereocenters. The van der Waals surface area contributed by atoms with E-state index in [1.54, 1.807) is 18.3 Å². The summed E-state index contributed by atoms with van der Waals surface area (Å²) in [5.41, 5.74) is 5.57. The fraction of sp³-hybridized carbons (Fsp3) is 0.303. The van der Waals surface area contributed by atoms with Gasteiger partial charge in [-0.05, 0) is 71.8 Å². The van der Waals surface area contributed by atoms with E-state index in [9.17, 15) is 9.90 Å². The Morgan fingerprint density at radius 2 is 1.77 bits per heavy atom. The predicted molar refractivity (Wildman–Crippen MR) is 166 cm³/mol. The van der Waals surface area contributed by atoms with Crippen LogP contribution in [0.5, 0.6) is 11.5 Å². The highest BCUT2D eigenvalue weighted by Gasteiger charge is 2.34. The molecule has 1 fully saturated rings. The summed E-state index contributed by atoms with van der Waals surface area (Å²) in [6, 6.07) is 20.3. The van der Waals surface area contributed by atoms with Crippen LogP contribution in [0, 0.1) is 24.2 Å². The van der Waals surface area contributed by atoms with Gasteiger partial charge in [0.05, 0.1) is 32.2 Å². The van der Waals surface area contributed by atoms with Crippen LogP contribution in [0.3, 0.4) is 0 Å². The Morgan fingerprint density at radius 3 is 2.42 bits per heavy atom.